The minimum Gasteiger partial charge on any atom is -0.481 e. The summed E-state index contributed by atoms with van der Waals surface area (Å²) in [5, 5.41) is 11.4. The van der Waals surface area contributed by atoms with Crippen molar-refractivity contribution in [3.8, 4) is 0 Å². The lowest BCUT2D eigenvalue weighted by Crippen LogP contribution is -2.40. The van der Waals surface area contributed by atoms with Crippen molar-refractivity contribution in [2.45, 2.75) is 26.7 Å². The predicted octanol–water partition coefficient (Wildman–Crippen LogP) is 1.70. The lowest BCUT2D eigenvalue weighted by atomic mass is 10.1. The number of nitrogens with zero attached hydrogens (tertiary/aromatic N) is 1. The number of aliphatic carboxylic acids is 1. The van der Waals surface area contributed by atoms with Crippen LogP contribution in [0.3, 0.4) is 0 Å². The third-order valence-corrected chi connectivity index (χ3v) is 2.53. The Morgan fingerprint density at radius 1 is 1.53 bits per heavy atom. The Morgan fingerprint density at radius 3 is 2.65 bits per heavy atom. The van der Waals surface area contributed by atoms with Crippen LogP contribution in [-0.2, 0) is 4.79 Å². The molecule has 0 radical (unpaired) electrons. The first-order valence-corrected chi connectivity index (χ1v) is 5.89. The van der Waals surface area contributed by atoms with Crippen molar-refractivity contribution in [3.05, 3.63) is 12.7 Å². The molecule has 0 aliphatic carbocycles. The molecule has 1 unspecified atom stereocenters. The number of likely N-dealkylation sites (N-methyl/N-ethyl adjacent to an activating group) is 1. The van der Waals surface area contributed by atoms with Gasteiger partial charge in [-0.05, 0) is 19.8 Å². The van der Waals surface area contributed by atoms with Gasteiger partial charge in [-0.2, -0.15) is 0 Å². The van der Waals surface area contributed by atoms with Gasteiger partial charge in [0.15, 0.2) is 0 Å². The van der Waals surface area contributed by atoms with E-state index in [1.807, 2.05) is 6.92 Å². The molecular weight excluding hydrogens is 220 g/mol. The van der Waals surface area contributed by atoms with Crippen LogP contribution in [0.2, 0.25) is 0 Å². The highest BCUT2D eigenvalue weighted by Crippen LogP contribution is 2.04. The van der Waals surface area contributed by atoms with Gasteiger partial charge in [-0.3, -0.25) is 4.79 Å². The van der Waals surface area contributed by atoms with Crippen LogP contribution in [0.4, 0.5) is 4.79 Å². The molecule has 0 spiro atoms. The van der Waals surface area contributed by atoms with E-state index in [-0.39, 0.29) is 11.9 Å². The van der Waals surface area contributed by atoms with Crippen molar-refractivity contribution in [2.24, 2.45) is 5.92 Å². The van der Waals surface area contributed by atoms with E-state index in [1.165, 1.54) is 0 Å². The van der Waals surface area contributed by atoms with Crippen LogP contribution in [0.25, 0.3) is 0 Å². The van der Waals surface area contributed by atoms with Gasteiger partial charge in [-0.25, -0.2) is 4.79 Å². The summed E-state index contributed by atoms with van der Waals surface area (Å²) < 4.78 is 0. The Balaban J connectivity index is 3.77. The van der Waals surface area contributed by atoms with Gasteiger partial charge in [0.1, 0.15) is 0 Å². The quantitative estimate of drug-likeness (QED) is 0.503. The van der Waals surface area contributed by atoms with Crippen LogP contribution in [0.15, 0.2) is 12.7 Å². The van der Waals surface area contributed by atoms with Crippen molar-refractivity contribution < 1.29 is 14.7 Å². The molecule has 5 heteroatoms. The Labute approximate surface area is 102 Å². The Kier molecular flexibility index (Phi) is 7.84. The second-order valence-corrected chi connectivity index (χ2v) is 3.94. The summed E-state index contributed by atoms with van der Waals surface area (Å²) in [5.41, 5.74) is 0. The SMILES string of the molecule is C=CCN(CC)C(=O)NCCCC(C)C(=O)O. The molecular formula is C12H22N2O3. The molecule has 0 aliphatic heterocycles. The zero-order valence-corrected chi connectivity index (χ0v) is 10.6. The van der Waals surface area contributed by atoms with E-state index < -0.39 is 5.97 Å². The van der Waals surface area contributed by atoms with Crippen LogP contribution >= 0.6 is 0 Å². The number of amides is 2. The summed E-state index contributed by atoms with van der Waals surface area (Å²) >= 11 is 0. The highest BCUT2D eigenvalue weighted by atomic mass is 16.4. The maximum Gasteiger partial charge on any atom is 0.317 e. The van der Waals surface area contributed by atoms with Gasteiger partial charge in [0, 0.05) is 19.6 Å². The van der Waals surface area contributed by atoms with Crippen LogP contribution in [0.5, 0.6) is 0 Å². The first-order chi connectivity index (χ1) is 8.02. The summed E-state index contributed by atoms with van der Waals surface area (Å²) in [6.07, 6.45) is 2.92. The van der Waals surface area contributed by atoms with Gasteiger partial charge < -0.3 is 15.3 Å². The molecule has 0 saturated heterocycles. The highest BCUT2D eigenvalue weighted by Gasteiger charge is 2.11. The van der Waals surface area contributed by atoms with Crippen LogP contribution in [0, 0.1) is 5.92 Å². The average Bonchev–Trinajstić information content (AvgIpc) is 2.30. The monoisotopic (exact) mass is 242 g/mol. The Bertz CT molecular complexity index is 266. The molecule has 0 fully saturated rings. The Hall–Kier alpha value is -1.52. The van der Waals surface area contributed by atoms with E-state index in [0.717, 1.165) is 0 Å². The molecule has 5 nitrogen and oxygen atoms in total. The second kappa shape index (κ2) is 8.61. The zero-order chi connectivity index (χ0) is 13.3. The largest absolute Gasteiger partial charge is 0.481 e. The molecule has 2 amide bonds. The predicted molar refractivity (Wildman–Crippen MR) is 66.9 cm³/mol. The van der Waals surface area contributed by atoms with E-state index in [1.54, 1.807) is 17.9 Å². The summed E-state index contributed by atoms with van der Waals surface area (Å²) in [6, 6.07) is -0.129. The van der Waals surface area contributed by atoms with Gasteiger partial charge in [-0.15, -0.1) is 6.58 Å². The summed E-state index contributed by atoms with van der Waals surface area (Å²) in [4.78, 5) is 23.8. The number of urea groups is 1. The number of hydrogen-bond acceptors (Lipinski definition) is 2. The van der Waals surface area contributed by atoms with Crippen molar-refractivity contribution in [3.63, 3.8) is 0 Å². The maximum absolute atomic E-state index is 11.6. The lowest BCUT2D eigenvalue weighted by Gasteiger charge is -2.19. The van der Waals surface area contributed by atoms with E-state index in [9.17, 15) is 9.59 Å². The fraction of sp³-hybridized carbons (Fsp3) is 0.667. The molecule has 0 aliphatic rings. The first kappa shape index (κ1) is 15.5. The molecule has 0 bridgehead atoms. The number of carbonyl (C=O) groups excluding carboxylic acids is 1. The van der Waals surface area contributed by atoms with Gasteiger partial charge in [0.05, 0.1) is 5.92 Å². The average molecular weight is 242 g/mol. The molecule has 98 valence electrons. The van der Waals surface area contributed by atoms with Crippen LogP contribution in [-0.4, -0.2) is 41.6 Å². The van der Waals surface area contributed by atoms with Crippen molar-refractivity contribution in [1.29, 1.82) is 0 Å². The fourth-order valence-electron chi connectivity index (χ4n) is 1.35. The van der Waals surface area contributed by atoms with E-state index >= 15 is 0 Å². The standard InChI is InChI=1S/C12H22N2O3/c1-4-9-14(5-2)12(17)13-8-6-7-10(3)11(15)16/h4,10H,1,5-9H2,2-3H3,(H,13,17)(H,15,16). The summed E-state index contributed by atoms with van der Waals surface area (Å²) in [7, 11) is 0. The molecule has 0 aromatic heterocycles. The normalized spacial score (nSPS) is 11.6. The number of rotatable bonds is 8. The van der Waals surface area contributed by atoms with Crippen LogP contribution in [0.1, 0.15) is 26.7 Å². The minimum atomic E-state index is -0.793. The molecule has 1 atom stereocenters. The highest BCUT2D eigenvalue weighted by molar-refractivity contribution is 5.74. The molecule has 0 saturated carbocycles. The molecule has 0 rings (SSSR count). The van der Waals surface area contributed by atoms with Crippen molar-refractivity contribution >= 4 is 12.0 Å². The Morgan fingerprint density at radius 2 is 2.18 bits per heavy atom. The van der Waals surface area contributed by atoms with Gasteiger partial charge in [0.2, 0.25) is 0 Å². The number of carboxylic acids is 1. The van der Waals surface area contributed by atoms with Crippen LogP contribution < -0.4 is 5.32 Å². The van der Waals surface area contributed by atoms with E-state index in [2.05, 4.69) is 11.9 Å². The van der Waals surface area contributed by atoms with Crippen molar-refractivity contribution in [1.82, 2.24) is 10.2 Å². The number of nitrogens with one attached hydrogen (secondary N) is 1. The lowest BCUT2D eigenvalue weighted by molar-refractivity contribution is -0.141. The summed E-state index contributed by atoms with van der Waals surface area (Å²) in [6.45, 7) is 8.80. The summed E-state index contributed by atoms with van der Waals surface area (Å²) in [5.74, 6) is -1.15. The molecule has 0 heterocycles. The molecule has 2 N–H and O–H groups in total. The van der Waals surface area contributed by atoms with Crippen molar-refractivity contribution in [2.75, 3.05) is 19.6 Å². The maximum atomic E-state index is 11.6. The van der Waals surface area contributed by atoms with E-state index in [4.69, 9.17) is 5.11 Å². The third kappa shape index (κ3) is 6.60. The number of carboxylic acid groups (broad SMARTS) is 1. The van der Waals surface area contributed by atoms with Gasteiger partial charge in [0.25, 0.3) is 0 Å². The smallest absolute Gasteiger partial charge is 0.317 e. The topological polar surface area (TPSA) is 69.6 Å². The second-order valence-electron chi connectivity index (χ2n) is 3.94. The third-order valence-electron chi connectivity index (χ3n) is 2.53. The number of carbonyl (C=O) groups is 2. The zero-order valence-electron chi connectivity index (χ0n) is 10.6. The molecule has 0 aromatic carbocycles. The first-order valence-electron chi connectivity index (χ1n) is 5.89. The van der Waals surface area contributed by atoms with Gasteiger partial charge in [-0.1, -0.05) is 13.0 Å². The molecule has 17 heavy (non-hydrogen) atoms. The fourth-order valence-corrected chi connectivity index (χ4v) is 1.35. The molecule has 0 aromatic rings. The van der Waals surface area contributed by atoms with E-state index in [0.29, 0.717) is 32.5 Å². The minimum absolute atomic E-state index is 0.129. The van der Waals surface area contributed by atoms with Gasteiger partial charge >= 0.3 is 12.0 Å². The number of hydrogen-bond donors (Lipinski definition) is 2.